The Balaban J connectivity index is 1.77. The van der Waals surface area contributed by atoms with Crippen LogP contribution in [0.15, 0.2) is 35.3 Å². The molecule has 0 bridgehead atoms. The number of methoxy groups -OCH3 is 1. The average molecular weight is 362 g/mol. The third-order valence-corrected chi connectivity index (χ3v) is 4.83. The topological polar surface area (TPSA) is 46.1 Å². The number of guanidine groups is 1. The van der Waals surface area contributed by atoms with Gasteiger partial charge in [0, 0.05) is 39.7 Å². The molecule has 0 aliphatic carbocycles. The molecule has 0 saturated carbocycles. The van der Waals surface area contributed by atoms with Crippen LogP contribution in [-0.2, 0) is 15.9 Å². The Bertz CT molecular complexity index is 545. The number of hydrogen-bond donors (Lipinski definition) is 1. The number of rotatable bonds is 9. The molecule has 1 saturated heterocycles. The summed E-state index contributed by atoms with van der Waals surface area (Å²) in [6, 6.07) is 10.7. The lowest BCUT2D eigenvalue weighted by atomic mass is 9.86. The Labute approximate surface area is 158 Å². The van der Waals surface area contributed by atoms with Gasteiger partial charge in [-0.3, -0.25) is 4.99 Å². The van der Waals surface area contributed by atoms with Crippen molar-refractivity contribution in [2.24, 2.45) is 16.3 Å². The highest BCUT2D eigenvalue weighted by molar-refractivity contribution is 5.80. The summed E-state index contributed by atoms with van der Waals surface area (Å²) in [6.45, 7) is 9.69. The van der Waals surface area contributed by atoms with Gasteiger partial charge in [0.1, 0.15) is 0 Å². The van der Waals surface area contributed by atoms with Crippen molar-refractivity contribution in [3.05, 3.63) is 35.9 Å². The standard InChI is InChI=1S/C21H35N3O2/c1-21(2,14-18-8-6-5-7-9-18)17-23-20(22-3)24-11-10-19(15-24)16-26-13-12-25-4/h5-9,19H,10-17H2,1-4H3,(H,22,23). The van der Waals surface area contributed by atoms with Crippen LogP contribution < -0.4 is 5.32 Å². The number of hydrogen-bond acceptors (Lipinski definition) is 3. The average Bonchev–Trinajstić information content (AvgIpc) is 3.08. The molecule has 0 spiro atoms. The molecule has 0 aromatic heterocycles. The van der Waals surface area contributed by atoms with Gasteiger partial charge in [0.25, 0.3) is 0 Å². The molecule has 1 fully saturated rings. The van der Waals surface area contributed by atoms with Gasteiger partial charge in [-0.05, 0) is 23.8 Å². The monoisotopic (exact) mass is 361 g/mol. The van der Waals surface area contributed by atoms with Crippen molar-refractivity contribution in [3.63, 3.8) is 0 Å². The van der Waals surface area contributed by atoms with E-state index < -0.39 is 0 Å². The molecule has 1 heterocycles. The van der Waals surface area contributed by atoms with Gasteiger partial charge in [0.2, 0.25) is 0 Å². The van der Waals surface area contributed by atoms with Crippen LogP contribution in [-0.4, -0.2) is 64.5 Å². The fraction of sp³-hybridized carbons (Fsp3) is 0.667. The lowest BCUT2D eigenvalue weighted by Gasteiger charge is -2.29. The molecule has 1 N–H and O–H groups in total. The minimum absolute atomic E-state index is 0.166. The van der Waals surface area contributed by atoms with Crippen molar-refractivity contribution in [1.29, 1.82) is 0 Å². The summed E-state index contributed by atoms with van der Waals surface area (Å²) in [7, 11) is 3.57. The second-order valence-corrected chi connectivity index (χ2v) is 7.90. The van der Waals surface area contributed by atoms with Crippen LogP contribution in [0.1, 0.15) is 25.8 Å². The van der Waals surface area contributed by atoms with Gasteiger partial charge in [-0.2, -0.15) is 0 Å². The van der Waals surface area contributed by atoms with Gasteiger partial charge in [-0.15, -0.1) is 0 Å². The lowest BCUT2D eigenvalue weighted by molar-refractivity contribution is 0.0536. The predicted molar refractivity (Wildman–Crippen MR) is 108 cm³/mol. The van der Waals surface area contributed by atoms with Crippen LogP contribution in [0.5, 0.6) is 0 Å². The smallest absolute Gasteiger partial charge is 0.193 e. The Morgan fingerprint density at radius 1 is 1.27 bits per heavy atom. The quantitative estimate of drug-likeness (QED) is 0.417. The summed E-state index contributed by atoms with van der Waals surface area (Å²) in [5.74, 6) is 1.58. The van der Waals surface area contributed by atoms with Crippen LogP contribution >= 0.6 is 0 Å². The number of aliphatic imine (C=N–C) groups is 1. The van der Waals surface area contributed by atoms with E-state index in [9.17, 15) is 0 Å². The molecule has 1 unspecified atom stereocenters. The Hall–Kier alpha value is -1.59. The van der Waals surface area contributed by atoms with E-state index in [1.54, 1.807) is 7.11 Å². The van der Waals surface area contributed by atoms with Gasteiger partial charge >= 0.3 is 0 Å². The predicted octanol–water partition coefficient (Wildman–Crippen LogP) is 2.82. The first-order valence-corrected chi connectivity index (χ1v) is 9.60. The molecular formula is C21H35N3O2. The molecule has 1 atom stereocenters. The van der Waals surface area contributed by atoms with Crippen LogP contribution in [0.25, 0.3) is 0 Å². The molecule has 1 aliphatic rings. The van der Waals surface area contributed by atoms with E-state index in [4.69, 9.17) is 9.47 Å². The van der Waals surface area contributed by atoms with E-state index in [2.05, 4.69) is 59.4 Å². The third-order valence-electron chi connectivity index (χ3n) is 4.83. The summed E-state index contributed by atoms with van der Waals surface area (Å²) >= 11 is 0. The van der Waals surface area contributed by atoms with E-state index in [0.717, 1.165) is 45.0 Å². The first kappa shape index (κ1) is 20.7. The maximum absolute atomic E-state index is 5.69. The summed E-state index contributed by atoms with van der Waals surface area (Å²) in [4.78, 5) is 6.85. The Kier molecular flexibility index (Phi) is 8.39. The van der Waals surface area contributed by atoms with Crippen LogP contribution in [0, 0.1) is 11.3 Å². The number of ether oxygens (including phenoxy) is 2. The van der Waals surface area contributed by atoms with Crippen molar-refractivity contribution in [1.82, 2.24) is 10.2 Å². The van der Waals surface area contributed by atoms with Gasteiger partial charge in [-0.1, -0.05) is 44.2 Å². The molecular weight excluding hydrogens is 326 g/mol. The molecule has 1 aromatic rings. The highest BCUT2D eigenvalue weighted by Gasteiger charge is 2.26. The Morgan fingerprint density at radius 3 is 2.73 bits per heavy atom. The van der Waals surface area contributed by atoms with E-state index in [-0.39, 0.29) is 5.41 Å². The van der Waals surface area contributed by atoms with Gasteiger partial charge in [-0.25, -0.2) is 0 Å². The second-order valence-electron chi connectivity index (χ2n) is 7.90. The molecule has 1 aromatic carbocycles. The normalized spacial score (nSPS) is 18.4. The minimum atomic E-state index is 0.166. The number of likely N-dealkylation sites (tertiary alicyclic amines) is 1. The van der Waals surface area contributed by atoms with E-state index in [1.807, 2.05) is 7.05 Å². The van der Waals surface area contributed by atoms with Gasteiger partial charge < -0.3 is 19.7 Å². The van der Waals surface area contributed by atoms with E-state index in [0.29, 0.717) is 19.1 Å². The lowest BCUT2D eigenvalue weighted by Crippen LogP contribution is -2.44. The number of benzene rings is 1. The SMILES string of the molecule is CN=C(NCC(C)(C)Cc1ccccc1)N1CCC(COCCOC)C1. The Morgan fingerprint density at radius 2 is 2.04 bits per heavy atom. The fourth-order valence-electron chi connectivity index (χ4n) is 3.41. The molecule has 146 valence electrons. The number of nitrogens with one attached hydrogen (secondary N) is 1. The summed E-state index contributed by atoms with van der Waals surface area (Å²) < 4.78 is 10.7. The third kappa shape index (κ3) is 6.96. The largest absolute Gasteiger partial charge is 0.382 e. The first-order valence-electron chi connectivity index (χ1n) is 9.60. The maximum atomic E-state index is 5.69. The minimum Gasteiger partial charge on any atom is -0.382 e. The number of nitrogens with zero attached hydrogens (tertiary/aromatic N) is 2. The zero-order valence-electron chi connectivity index (χ0n) is 16.8. The van der Waals surface area contributed by atoms with Crippen LogP contribution in [0.2, 0.25) is 0 Å². The summed E-state index contributed by atoms with van der Waals surface area (Å²) in [5.41, 5.74) is 1.54. The first-order chi connectivity index (χ1) is 12.5. The highest BCUT2D eigenvalue weighted by Crippen LogP contribution is 2.21. The zero-order valence-corrected chi connectivity index (χ0v) is 16.8. The van der Waals surface area contributed by atoms with Crippen molar-refractivity contribution in [2.45, 2.75) is 26.7 Å². The van der Waals surface area contributed by atoms with Gasteiger partial charge in [0.15, 0.2) is 5.96 Å². The molecule has 1 aliphatic heterocycles. The summed E-state index contributed by atoms with van der Waals surface area (Å²) in [5, 5.41) is 3.58. The van der Waals surface area contributed by atoms with E-state index >= 15 is 0 Å². The highest BCUT2D eigenvalue weighted by atomic mass is 16.5. The fourth-order valence-corrected chi connectivity index (χ4v) is 3.41. The van der Waals surface area contributed by atoms with Crippen molar-refractivity contribution >= 4 is 5.96 Å². The molecule has 5 heteroatoms. The molecule has 0 radical (unpaired) electrons. The van der Waals surface area contributed by atoms with E-state index in [1.165, 1.54) is 5.56 Å². The molecule has 5 nitrogen and oxygen atoms in total. The second kappa shape index (κ2) is 10.5. The molecule has 0 amide bonds. The van der Waals surface area contributed by atoms with Crippen LogP contribution in [0.3, 0.4) is 0 Å². The molecule has 2 rings (SSSR count). The maximum Gasteiger partial charge on any atom is 0.193 e. The van der Waals surface area contributed by atoms with Crippen molar-refractivity contribution in [3.8, 4) is 0 Å². The summed E-state index contributed by atoms with van der Waals surface area (Å²) in [6.07, 6.45) is 2.20. The van der Waals surface area contributed by atoms with Crippen molar-refractivity contribution in [2.75, 3.05) is 53.6 Å². The van der Waals surface area contributed by atoms with Gasteiger partial charge in [0.05, 0.1) is 19.8 Å². The zero-order chi connectivity index (χ0) is 18.8. The molecule has 26 heavy (non-hydrogen) atoms. The van der Waals surface area contributed by atoms with Crippen LogP contribution in [0.4, 0.5) is 0 Å². The van der Waals surface area contributed by atoms with Crippen molar-refractivity contribution < 1.29 is 9.47 Å².